The van der Waals surface area contributed by atoms with Gasteiger partial charge in [-0.05, 0) is 42.7 Å². The molecule has 1 fully saturated rings. The Morgan fingerprint density at radius 3 is 2.32 bits per heavy atom. The third kappa shape index (κ3) is 4.18. The van der Waals surface area contributed by atoms with Crippen LogP contribution >= 0.6 is 0 Å². The van der Waals surface area contributed by atoms with Crippen LogP contribution in [0, 0.1) is 0 Å². The van der Waals surface area contributed by atoms with Crippen LogP contribution in [0.15, 0.2) is 54.6 Å². The molecular formula is C20H21NO4. The number of amides is 1. The molecule has 5 nitrogen and oxygen atoms in total. The van der Waals surface area contributed by atoms with E-state index in [0.29, 0.717) is 17.9 Å². The zero-order chi connectivity index (χ0) is 17.7. The number of esters is 1. The maximum absolute atomic E-state index is 12.0. The second-order valence-electron chi connectivity index (χ2n) is 6.23. The Hall–Kier alpha value is -2.82. The van der Waals surface area contributed by atoms with Crippen molar-refractivity contribution in [1.29, 1.82) is 0 Å². The SMILES string of the molecule is COC(=O)c1ccc(OCC(=O)NCC2(c3ccccc3)CC2)cc1. The highest BCUT2D eigenvalue weighted by Gasteiger charge is 2.44. The van der Waals surface area contributed by atoms with E-state index in [-0.39, 0.29) is 17.9 Å². The molecule has 2 aromatic rings. The molecule has 0 aromatic heterocycles. The molecule has 1 N–H and O–H groups in total. The second-order valence-corrected chi connectivity index (χ2v) is 6.23. The lowest BCUT2D eigenvalue weighted by molar-refractivity contribution is -0.123. The third-order valence-electron chi connectivity index (χ3n) is 4.51. The first kappa shape index (κ1) is 17.0. The molecule has 0 unspecified atom stereocenters. The lowest BCUT2D eigenvalue weighted by Gasteiger charge is -2.16. The molecule has 0 atom stereocenters. The fourth-order valence-corrected chi connectivity index (χ4v) is 2.78. The fraction of sp³-hybridized carbons (Fsp3) is 0.300. The Kier molecular flexibility index (Phi) is 5.03. The summed E-state index contributed by atoms with van der Waals surface area (Å²) in [5.41, 5.74) is 1.80. The van der Waals surface area contributed by atoms with Gasteiger partial charge in [0.05, 0.1) is 12.7 Å². The van der Waals surface area contributed by atoms with Gasteiger partial charge in [-0.15, -0.1) is 0 Å². The Morgan fingerprint density at radius 2 is 1.72 bits per heavy atom. The molecule has 5 heteroatoms. The average molecular weight is 339 g/mol. The number of benzene rings is 2. The van der Waals surface area contributed by atoms with Crippen LogP contribution in [0.25, 0.3) is 0 Å². The van der Waals surface area contributed by atoms with Crippen LogP contribution in [-0.2, 0) is 14.9 Å². The summed E-state index contributed by atoms with van der Waals surface area (Å²) in [7, 11) is 1.33. The van der Waals surface area contributed by atoms with Gasteiger partial charge in [0.15, 0.2) is 6.61 Å². The van der Waals surface area contributed by atoms with E-state index in [9.17, 15) is 9.59 Å². The van der Waals surface area contributed by atoms with Crippen LogP contribution in [0.2, 0.25) is 0 Å². The maximum atomic E-state index is 12.0. The van der Waals surface area contributed by atoms with Gasteiger partial charge in [0.1, 0.15) is 5.75 Å². The van der Waals surface area contributed by atoms with E-state index in [0.717, 1.165) is 12.8 Å². The normalized spacial score (nSPS) is 14.4. The van der Waals surface area contributed by atoms with E-state index >= 15 is 0 Å². The van der Waals surface area contributed by atoms with Crippen molar-refractivity contribution in [3.63, 3.8) is 0 Å². The van der Waals surface area contributed by atoms with Crippen molar-refractivity contribution in [1.82, 2.24) is 5.32 Å². The number of nitrogens with one attached hydrogen (secondary N) is 1. The fourth-order valence-electron chi connectivity index (χ4n) is 2.78. The van der Waals surface area contributed by atoms with Gasteiger partial charge < -0.3 is 14.8 Å². The van der Waals surface area contributed by atoms with Crippen molar-refractivity contribution >= 4 is 11.9 Å². The Morgan fingerprint density at radius 1 is 1.04 bits per heavy atom. The Bertz CT molecular complexity index is 736. The van der Waals surface area contributed by atoms with Crippen molar-refractivity contribution in [3.8, 4) is 5.75 Å². The van der Waals surface area contributed by atoms with Gasteiger partial charge >= 0.3 is 5.97 Å². The molecule has 25 heavy (non-hydrogen) atoms. The lowest BCUT2D eigenvalue weighted by Crippen LogP contribution is -2.35. The summed E-state index contributed by atoms with van der Waals surface area (Å²) in [6, 6.07) is 16.8. The standard InChI is InChI=1S/C20H21NO4/c1-24-19(23)15-7-9-17(10-8-15)25-13-18(22)21-14-20(11-12-20)16-5-3-2-4-6-16/h2-10H,11-14H2,1H3,(H,21,22). The average Bonchev–Trinajstić information content (AvgIpc) is 3.46. The predicted molar refractivity (Wildman–Crippen MR) is 93.6 cm³/mol. The highest BCUT2D eigenvalue weighted by Crippen LogP contribution is 2.47. The van der Waals surface area contributed by atoms with Gasteiger partial charge in [-0.3, -0.25) is 4.79 Å². The summed E-state index contributed by atoms with van der Waals surface area (Å²) >= 11 is 0. The van der Waals surface area contributed by atoms with Crippen molar-refractivity contribution < 1.29 is 19.1 Å². The maximum Gasteiger partial charge on any atom is 0.337 e. The van der Waals surface area contributed by atoms with E-state index in [1.807, 2.05) is 18.2 Å². The summed E-state index contributed by atoms with van der Waals surface area (Å²) in [5, 5.41) is 2.95. The number of ether oxygens (including phenoxy) is 2. The first-order valence-corrected chi connectivity index (χ1v) is 8.26. The molecule has 0 aliphatic heterocycles. The third-order valence-corrected chi connectivity index (χ3v) is 4.51. The molecular weight excluding hydrogens is 318 g/mol. The summed E-state index contributed by atoms with van der Waals surface area (Å²) in [6.07, 6.45) is 2.18. The van der Waals surface area contributed by atoms with E-state index in [4.69, 9.17) is 4.74 Å². The van der Waals surface area contributed by atoms with Gasteiger partial charge in [-0.2, -0.15) is 0 Å². The van der Waals surface area contributed by atoms with Crippen molar-refractivity contribution in [3.05, 3.63) is 65.7 Å². The van der Waals surface area contributed by atoms with Crippen LogP contribution in [0.3, 0.4) is 0 Å². The molecule has 3 rings (SSSR count). The zero-order valence-corrected chi connectivity index (χ0v) is 14.2. The van der Waals surface area contributed by atoms with Gasteiger partial charge in [0.25, 0.3) is 5.91 Å². The Labute approximate surface area is 147 Å². The molecule has 0 heterocycles. The molecule has 1 aliphatic carbocycles. The van der Waals surface area contributed by atoms with Crippen molar-refractivity contribution in [2.24, 2.45) is 0 Å². The molecule has 0 saturated heterocycles. The first-order chi connectivity index (χ1) is 12.1. The minimum Gasteiger partial charge on any atom is -0.484 e. The largest absolute Gasteiger partial charge is 0.484 e. The first-order valence-electron chi connectivity index (χ1n) is 8.26. The predicted octanol–water partition coefficient (Wildman–Crippen LogP) is 2.70. The molecule has 2 aromatic carbocycles. The number of rotatable bonds is 7. The van der Waals surface area contributed by atoms with Gasteiger partial charge in [-0.1, -0.05) is 30.3 Å². The molecule has 0 bridgehead atoms. The summed E-state index contributed by atoms with van der Waals surface area (Å²) < 4.78 is 10.1. The quantitative estimate of drug-likeness (QED) is 0.788. The summed E-state index contributed by atoms with van der Waals surface area (Å²) in [6.45, 7) is 0.572. The van der Waals surface area contributed by atoms with Crippen LogP contribution < -0.4 is 10.1 Å². The van der Waals surface area contributed by atoms with Gasteiger partial charge in [0.2, 0.25) is 0 Å². The number of hydrogen-bond donors (Lipinski definition) is 1. The number of carbonyl (C=O) groups is 2. The number of hydrogen-bond acceptors (Lipinski definition) is 4. The molecule has 0 radical (unpaired) electrons. The molecule has 1 saturated carbocycles. The van der Waals surface area contributed by atoms with E-state index in [1.165, 1.54) is 12.7 Å². The molecule has 1 amide bonds. The smallest absolute Gasteiger partial charge is 0.337 e. The monoisotopic (exact) mass is 339 g/mol. The van der Waals surface area contributed by atoms with E-state index in [2.05, 4.69) is 22.2 Å². The van der Waals surface area contributed by atoms with Crippen LogP contribution in [0.5, 0.6) is 5.75 Å². The van der Waals surface area contributed by atoms with Crippen LogP contribution in [0.1, 0.15) is 28.8 Å². The molecule has 0 spiro atoms. The van der Waals surface area contributed by atoms with Crippen molar-refractivity contribution in [2.75, 3.05) is 20.3 Å². The summed E-state index contributed by atoms with van der Waals surface area (Å²) in [5.74, 6) is -0.0221. The van der Waals surface area contributed by atoms with Crippen LogP contribution in [-0.4, -0.2) is 32.1 Å². The highest BCUT2D eigenvalue weighted by atomic mass is 16.5. The van der Waals surface area contributed by atoms with E-state index in [1.54, 1.807) is 24.3 Å². The highest BCUT2D eigenvalue weighted by molar-refractivity contribution is 5.89. The van der Waals surface area contributed by atoms with E-state index < -0.39 is 5.97 Å². The van der Waals surface area contributed by atoms with Gasteiger partial charge in [-0.25, -0.2) is 4.79 Å². The zero-order valence-electron chi connectivity index (χ0n) is 14.2. The topological polar surface area (TPSA) is 64.6 Å². The van der Waals surface area contributed by atoms with Gasteiger partial charge in [0, 0.05) is 12.0 Å². The number of carbonyl (C=O) groups excluding carboxylic acids is 2. The minimum absolute atomic E-state index is 0.0531. The lowest BCUT2D eigenvalue weighted by atomic mass is 9.96. The molecule has 130 valence electrons. The Balaban J connectivity index is 1.46. The summed E-state index contributed by atoms with van der Waals surface area (Å²) in [4.78, 5) is 23.4. The van der Waals surface area contributed by atoms with Crippen molar-refractivity contribution in [2.45, 2.75) is 18.3 Å². The second kappa shape index (κ2) is 7.38. The minimum atomic E-state index is -0.403. The number of methoxy groups -OCH3 is 1. The van der Waals surface area contributed by atoms with Crippen LogP contribution in [0.4, 0.5) is 0 Å². The molecule has 1 aliphatic rings.